The average Bonchev–Trinajstić information content (AvgIpc) is 2.74. The average molecular weight is 462 g/mol. The van der Waals surface area contributed by atoms with Gasteiger partial charge < -0.3 is 9.47 Å². The summed E-state index contributed by atoms with van der Waals surface area (Å²) >= 11 is 0. The largest absolute Gasteiger partial charge is 0.438 e. The van der Waals surface area contributed by atoms with Gasteiger partial charge in [-0.05, 0) is 19.1 Å². The normalized spacial score (nSPS) is 26.8. The molecule has 32 heavy (non-hydrogen) atoms. The number of nitrogens with zero attached hydrogens (tertiary/aromatic N) is 1. The number of methoxy groups -OCH3 is 1. The Morgan fingerprint density at radius 3 is 2.31 bits per heavy atom. The van der Waals surface area contributed by atoms with Gasteiger partial charge in [-0.3, -0.25) is 14.5 Å². The molecule has 2 heterocycles. The van der Waals surface area contributed by atoms with Gasteiger partial charge in [0, 0.05) is 24.5 Å². The van der Waals surface area contributed by atoms with E-state index in [-0.39, 0.29) is 23.3 Å². The summed E-state index contributed by atoms with van der Waals surface area (Å²) in [7, 11) is -3.09. The van der Waals surface area contributed by atoms with E-state index in [1.807, 2.05) is 0 Å². The highest BCUT2D eigenvalue weighted by Gasteiger charge is 2.72. The molecular weight excluding hydrogens is 434 g/mol. The second-order valence-corrected chi connectivity index (χ2v) is 11.0. The zero-order chi connectivity index (χ0) is 24.1. The summed E-state index contributed by atoms with van der Waals surface area (Å²) in [5, 5.41) is -1.52. The van der Waals surface area contributed by atoms with Crippen LogP contribution >= 0.6 is 0 Å². The predicted molar refractivity (Wildman–Crippen MR) is 117 cm³/mol. The Kier molecular flexibility index (Phi) is 5.95. The van der Waals surface area contributed by atoms with Gasteiger partial charge in [0.15, 0.2) is 16.8 Å². The predicted octanol–water partition coefficient (Wildman–Crippen LogP) is 2.62. The Hall–Kier alpha value is -2.78. The van der Waals surface area contributed by atoms with Crippen LogP contribution in [0.3, 0.4) is 0 Å². The van der Waals surface area contributed by atoms with E-state index in [1.165, 1.54) is 32.2 Å². The minimum Gasteiger partial charge on any atom is -0.438 e. The van der Waals surface area contributed by atoms with Crippen LogP contribution in [0.15, 0.2) is 54.3 Å². The van der Waals surface area contributed by atoms with Gasteiger partial charge in [-0.1, -0.05) is 45.0 Å². The Labute approximate surface area is 187 Å². The van der Waals surface area contributed by atoms with Crippen molar-refractivity contribution in [3.8, 4) is 0 Å². The smallest absolute Gasteiger partial charge is 0.339 e. The first-order valence-electron chi connectivity index (χ1n) is 10.1. The monoisotopic (exact) mass is 461 g/mol. The standard InChI is InChI=1S/C23H27NO7S/c1-7-13-23(30-6)20(27)24-16(17(25)22(3,4)5)14(2)19(32(28,29)21(23)24)31-18(26)15-11-9-8-10-12-15/h7-12,19,21H,1,13H2,2-6H3/t19?,21-,23+/m0/s1. The molecule has 172 valence electrons. The van der Waals surface area contributed by atoms with Crippen LogP contribution in [0.5, 0.6) is 0 Å². The maximum Gasteiger partial charge on any atom is 0.339 e. The molecule has 1 saturated heterocycles. The highest BCUT2D eigenvalue weighted by molar-refractivity contribution is 7.93. The Morgan fingerprint density at radius 1 is 1.22 bits per heavy atom. The third-order valence-electron chi connectivity index (χ3n) is 5.72. The lowest BCUT2D eigenvalue weighted by atomic mass is 9.81. The number of ketones is 1. The van der Waals surface area contributed by atoms with Gasteiger partial charge in [0.2, 0.25) is 15.3 Å². The van der Waals surface area contributed by atoms with Gasteiger partial charge in [-0.25, -0.2) is 13.2 Å². The molecular formula is C23H27NO7S. The second-order valence-electron chi connectivity index (χ2n) is 8.92. The summed E-state index contributed by atoms with van der Waals surface area (Å²) in [6, 6.07) is 7.94. The maximum absolute atomic E-state index is 13.6. The van der Waals surface area contributed by atoms with Crippen LogP contribution in [-0.4, -0.2) is 54.5 Å². The molecule has 9 heteroatoms. The van der Waals surface area contributed by atoms with Gasteiger partial charge in [0.1, 0.15) is 0 Å². The molecule has 0 bridgehead atoms. The molecule has 0 radical (unpaired) electrons. The van der Waals surface area contributed by atoms with E-state index in [9.17, 15) is 22.8 Å². The number of carbonyl (C=O) groups excluding carboxylic acids is 3. The number of hydrogen-bond donors (Lipinski definition) is 0. The molecule has 1 unspecified atom stereocenters. The zero-order valence-corrected chi connectivity index (χ0v) is 19.6. The fourth-order valence-electron chi connectivity index (χ4n) is 4.07. The van der Waals surface area contributed by atoms with E-state index in [1.54, 1.807) is 39.0 Å². The lowest BCUT2D eigenvalue weighted by Gasteiger charge is -2.57. The quantitative estimate of drug-likeness (QED) is 0.364. The number of sulfone groups is 1. The summed E-state index contributed by atoms with van der Waals surface area (Å²) < 4.78 is 38.1. The lowest BCUT2D eigenvalue weighted by Crippen LogP contribution is -2.79. The second kappa shape index (κ2) is 7.97. The number of amides is 1. The van der Waals surface area contributed by atoms with Gasteiger partial charge in [-0.15, -0.1) is 6.58 Å². The number of β-lactam (4-membered cyclic amide) rings is 1. The van der Waals surface area contributed by atoms with Crippen molar-refractivity contribution in [1.82, 2.24) is 4.90 Å². The topological polar surface area (TPSA) is 107 Å². The number of carbonyl (C=O) groups is 3. The van der Waals surface area contributed by atoms with E-state index >= 15 is 0 Å². The van der Waals surface area contributed by atoms with Crippen LogP contribution in [0, 0.1) is 5.41 Å². The third-order valence-corrected chi connectivity index (χ3v) is 7.98. The Morgan fingerprint density at radius 2 is 1.81 bits per heavy atom. The first-order chi connectivity index (χ1) is 14.8. The highest BCUT2D eigenvalue weighted by Crippen LogP contribution is 2.50. The maximum atomic E-state index is 13.6. The molecule has 8 nitrogen and oxygen atoms in total. The number of Topliss-reactive ketones (excluding diaryl/α,β-unsaturated/α-hetero) is 1. The molecule has 0 saturated carbocycles. The van der Waals surface area contributed by atoms with Crippen molar-refractivity contribution in [3.05, 3.63) is 59.8 Å². The molecule has 1 amide bonds. The van der Waals surface area contributed by atoms with E-state index in [4.69, 9.17) is 9.47 Å². The number of rotatable bonds is 6. The fraction of sp³-hybridized carbons (Fsp3) is 0.435. The van der Waals surface area contributed by atoms with Crippen LogP contribution in [0.25, 0.3) is 0 Å². The number of fused-ring (bicyclic) bond motifs is 1. The first-order valence-corrected chi connectivity index (χ1v) is 11.7. The number of benzene rings is 1. The van der Waals surface area contributed by atoms with Crippen molar-refractivity contribution in [2.24, 2.45) is 5.41 Å². The van der Waals surface area contributed by atoms with Crippen molar-refractivity contribution in [3.63, 3.8) is 0 Å². The minimum absolute atomic E-state index is 0.0119. The molecule has 1 aromatic rings. The van der Waals surface area contributed by atoms with Crippen molar-refractivity contribution in [2.45, 2.75) is 50.5 Å². The van der Waals surface area contributed by atoms with Crippen LogP contribution in [0.1, 0.15) is 44.5 Å². The van der Waals surface area contributed by atoms with Gasteiger partial charge in [0.25, 0.3) is 5.91 Å². The molecule has 1 fully saturated rings. The molecule has 2 aliphatic heterocycles. The van der Waals surface area contributed by atoms with E-state index in [0.29, 0.717) is 0 Å². The van der Waals surface area contributed by atoms with Crippen LogP contribution in [0.4, 0.5) is 0 Å². The summed E-state index contributed by atoms with van der Waals surface area (Å²) in [4.78, 5) is 40.1. The van der Waals surface area contributed by atoms with Crippen molar-refractivity contribution < 1.29 is 32.3 Å². The first kappa shape index (κ1) is 23.9. The fourth-order valence-corrected chi connectivity index (χ4v) is 6.45. The van der Waals surface area contributed by atoms with Crippen LogP contribution in [-0.2, 0) is 28.9 Å². The summed E-state index contributed by atoms with van der Waals surface area (Å²) in [6.07, 6.45) is 1.30. The van der Waals surface area contributed by atoms with E-state index < -0.39 is 49.3 Å². The van der Waals surface area contributed by atoms with Gasteiger partial charge in [-0.2, -0.15) is 0 Å². The third kappa shape index (κ3) is 3.40. The number of hydrogen-bond acceptors (Lipinski definition) is 7. The molecule has 0 aliphatic carbocycles. The van der Waals surface area contributed by atoms with Crippen LogP contribution in [0.2, 0.25) is 0 Å². The molecule has 2 aliphatic rings. The highest BCUT2D eigenvalue weighted by atomic mass is 32.2. The van der Waals surface area contributed by atoms with Gasteiger partial charge >= 0.3 is 5.97 Å². The summed E-state index contributed by atoms with van der Waals surface area (Å²) in [5.41, 5.74) is -4.34. The Bertz CT molecular complexity index is 1110. The lowest BCUT2D eigenvalue weighted by molar-refractivity contribution is -0.184. The summed E-state index contributed by atoms with van der Waals surface area (Å²) in [6.45, 7) is 9.98. The minimum atomic E-state index is -4.32. The number of allylic oxidation sites excluding steroid dienone is 1. The molecule has 1 aromatic carbocycles. The van der Waals surface area contributed by atoms with E-state index in [2.05, 4.69) is 6.58 Å². The van der Waals surface area contributed by atoms with Crippen molar-refractivity contribution >= 4 is 27.5 Å². The number of esters is 1. The Balaban J connectivity index is 2.19. The van der Waals surface area contributed by atoms with Crippen molar-refractivity contribution in [1.29, 1.82) is 0 Å². The van der Waals surface area contributed by atoms with Gasteiger partial charge in [0.05, 0.1) is 11.3 Å². The molecule has 3 rings (SSSR count). The molecule has 0 aromatic heterocycles. The number of ether oxygens (including phenoxy) is 2. The van der Waals surface area contributed by atoms with Crippen LogP contribution < -0.4 is 0 Å². The zero-order valence-electron chi connectivity index (χ0n) is 18.7. The van der Waals surface area contributed by atoms with Crippen molar-refractivity contribution in [2.75, 3.05) is 7.11 Å². The van der Waals surface area contributed by atoms with E-state index in [0.717, 1.165) is 4.90 Å². The molecule has 3 atom stereocenters. The summed E-state index contributed by atoms with van der Waals surface area (Å²) in [5.74, 6) is -1.94. The molecule has 0 N–H and O–H groups in total. The SMILES string of the molecule is C=CC[C@@]1(OC)C(=O)N2C(C(=O)C(C)(C)C)=C(C)C(OC(=O)c3ccccc3)S(=O)(=O)[C@H]21. The molecule has 0 spiro atoms.